The van der Waals surface area contributed by atoms with E-state index >= 15 is 0 Å². The standard InChI is InChI=1S/C15H28O2/c1-3-5-6-7-9-13-10-8-11-14(12-13)15(16)17-4-2/h13-14H,3-12H2,1-2H3. The zero-order chi connectivity index (χ0) is 12.5. The first kappa shape index (κ1) is 14.5. The third-order valence-electron chi connectivity index (χ3n) is 3.87. The predicted octanol–water partition coefficient (Wildman–Crippen LogP) is 4.33. The number of unbranched alkanes of at least 4 members (excludes halogenated alkanes) is 3. The molecule has 0 heterocycles. The number of carbonyl (C=O) groups excluding carboxylic acids is 1. The Balaban J connectivity index is 2.21. The van der Waals surface area contributed by atoms with Crippen LogP contribution >= 0.6 is 0 Å². The maximum atomic E-state index is 11.7. The van der Waals surface area contributed by atoms with Crippen molar-refractivity contribution < 1.29 is 9.53 Å². The predicted molar refractivity (Wildman–Crippen MR) is 70.8 cm³/mol. The molecule has 0 aliphatic heterocycles. The molecule has 1 aliphatic carbocycles. The molecule has 17 heavy (non-hydrogen) atoms. The van der Waals surface area contributed by atoms with Gasteiger partial charge in [0.15, 0.2) is 0 Å². The van der Waals surface area contributed by atoms with Gasteiger partial charge in [-0.2, -0.15) is 0 Å². The Morgan fingerprint density at radius 1 is 1.18 bits per heavy atom. The Labute approximate surface area is 106 Å². The molecule has 0 radical (unpaired) electrons. The lowest BCUT2D eigenvalue weighted by atomic mass is 9.79. The molecule has 1 rings (SSSR count). The van der Waals surface area contributed by atoms with Gasteiger partial charge in [-0.25, -0.2) is 0 Å². The summed E-state index contributed by atoms with van der Waals surface area (Å²) in [6, 6.07) is 0. The Morgan fingerprint density at radius 2 is 2.00 bits per heavy atom. The lowest BCUT2D eigenvalue weighted by molar-refractivity contribution is -0.149. The van der Waals surface area contributed by atoms with Crippen LogP contribution in [0.5, 0.6) is 0 Å². The van der Waals surface area contributed by atoms with Gasteiger partial charge in [-0.3, -0.25) is 4.79 Å². The normalized spacial score (nSPS) is 24.6. The number of hydrogen-bond acceptors (Lipinski definition) is 2. The molecule has 1 fully saturated rings. The van der Waals surface area contributed by atoms with Crippen LogP contribution in [0.15, 0.2) is 0 Å². The molecule has 2 heteroatoms. The van der Waals surface area contributed by atoms with Crippen LogP contribution in [0.3, 0.4) is 0 Å². The number of carbonyl (C=O) groups is 1. The number of rotatable bonds is 7. The van der Waals surface area contributed by atoms with Gasteiger partial charge < -0.3 is 4.74 Å². The molecule has 2 unspecified atom stereocenters. The molecule has 0 amide bonds. The van der Waals surface area contributed by atoms with E-state index in [1.165, 1.54) is 44.9 Å². The zero-order valence-corrected chi connectivity index (χ0v) is 11.5. The lowest BCUT2D eigenvalue weighted by Gasteiger charge is -2.27. The molecule has 1 saturated carbocycles. The topological polar surface area (TPSA) is 26.3 Å². The minimum absolute atomic E-state index is 0.0470. The summed E-state index contributed by atoms with van der Waals surface area (Å²) in [7, 11) is 0. The molecule has 0 saturated heterocycles. The van der Waals surface area contributed by atoms with Crippen molar-refractivity contribution >= 4 is 5.97 Å². The zero-order valence-electron chi connectivity index (χ0n) is 11.5. The molecule has 100 valence electrons. The van der Waals surface area contributed by atoms with E-state index < -0.39 is 0 Å². The van der Waals surface area contributed by atoms with Gasteiger partial charge in [0, 0.05) is 0 Å². The van der Waals surface area contributed by atoms with Crippen molar-refractivity contribution in [2.24, 2.45) is 11.8 Å². The fourth-order valence-corrected chi connectivity index (χ4v) is 2.89. The first-order valence-corrected chi connectivity index (χ1v) is 7.44. The van der Waals surface area contributed by atoms with Crippen molar-refractivity contribution in [3.8, 4) is 0 Å². The summed E-state index contributed by atoms with van der Waals surface area (Å²) in [5.74, 6) is 1.01. The first-order valence-electron chi connectivity index (χ1n) is 7.44. The molecular formula is C15H28O2. The van der Waals surface area contributed by atoms with Gasteiger partial charge in [-0.05, 0) is 25.7 Å². The van der Waals surface area contributed by atoms with Crippen LogP contribution < -0.4 is 0 Å². The fraction of sp³-hybridized carbons (Fsp3) is 0.933. The smallest absolute Gasteiger partial charge is 0.308 e. The first-order chi connectivity index (χ1) is 8.27. The van der Waals surface area contributed by atoms with E-state index in [4.69, 9.17) is 4.74 Å². The maximum absolute atomic E-state index is 11.7. The van der Waals surface area contributed by atoms with Crippen molar-refractivity contribution in [2.75, 3.05) is 6.61 Å². The van der Waals surface area contributed by atoms with Gasteiger partial charge in [-0.15, -0.1) is 0 Å². The van der Waals surface area contributed by atoms with Crippen LogP contribution in [0.25, 0.3) is 0 Å². The summed E-state index contributed by atoms with van der Waals surface area (Å²) >= 11 is 0. The van der Waals surface area contributed by atoms with Gasteiger partial charge in [0.05, 0.1) is 12.5 Å². The third-order valence-corrected chi connectivity index (χ3v) is 3.87. The maximum Gasteiger partial charge on any atom is 0.308 e. The summed E-state index contributed by atoms with van der Waals surface area (Å²) < 4.78 is 5.13. The van der Waals surface area contributed by atoms with Gasteiger partial charge in [0.1, 0.15) is 0 Å². The highest BCUT2D eigenvalue weighted by molar-refractivity contribution is 5.72. The second-order valence-electron chi connectivity index (χ2n) is 5.33. The molecule has 0 aromatic carbocycles. The van der Waals surface area contributed by atoms with Gasteiger partial charge in [-0.1, -0.05) is 51.9 Å². The monoisotopic (exact) mass is 240 g/mol. The second kappa shape index (κ2) is 8.54. The highest BCUT2D eigenvalue weighted by atomic mass is 16.5. The SMILES string of the molecule is CCCCCCC1CCCC(C(=O)OCC)C1. The summed E-state index contributed by atoms with van der Waals surface area (Å²) in [6.07, 6.45) is 11.3. The molecule has 2 nitrogen and oxygen atoms in total. The lowest BCUT2D eigenvalue weighted by Crippen LogP contribution is -2.24. The highest BCUT2D eigenvalue weighted by Gasteiger charge is 2.27. The molecule has 0 spiro atoms. The van der Waals surface area contributed by atoms with E-state index in [0.29, 0.717) is 6.61 Å². The van der Waals surface area contributed by atoms with Crippen LogP contribution in [0.1, 0.15) is 71.6 Å². The van der Waals surface area contributed by atoms with Crippen LogP contribution in [0.2, 0.25) is 0 Å². The highest BCUT2D eigenvalue weighted by Crippen LogP contribution is 2.33. The molecule has 0 bridgehead atoms. The van der Waals surface area contributed by atoms with Crippen molar-refractivity contribution in [1.29, 1.82) is 0 Å². The Kier molecular flexibility index (Phi) is 7.30. The molecule has 0 aromatic heterocycles. The summed E-state index contributed by atoms with van der Waals surface area (Å²) in [4.78, 5) is 11.7. The van der Waals surface area contributed by atoms with Crippen LogP contribution in [0, 0.1) is 11.8 Å². The van der Waals surface area contributed by atoms with Crippen LogP contribution in [-0.4, -0.2) is 12.6 Å². The minimum Gasteiger partial charge on any atom is -0.466 e. The molecule has 0 aromatic rings. The van der Waals surface area contributed by atoms with E-state index in [9.17, 15) is 4.79 Å². The van der Waals surface area contributed by atoms with E-state index in [2.05, 4.69) is 6.92 Å². The molecule has 0 N–H and O–H groups in total. The Morgan fingerprint density at radius 3 is 2.71 bits per heavy atom. The van der Waals surface area contributed by atoms with E-state index in [1.807, 2.05) is 6.92 Å². The Bertz CT molecular complexity index is 213. The van der Waals surface area contributed by atoms with Crippen molar-refractivity contribution in [2.45, 2.75) is 71.6 Å². The van der Waals surface area contributed by atoms with Crippen molar-refractivity contribution in [1.82, 2.24) is 0 Å². The summed E-state index contributed by atoms with van der Waals surface area (Å²) in [5, 5.41) is 0. The van der Waals surface area contributed by atoms with E-state index in [-0.39, 0.29) is 11.9 Å². The molecule has 1 aliphatic rings. The Hall–Kier alpha value is -0.530. The van der Waals surface area contributed by atoms with E-state index in [1.54, 1.807) is 0 Å². The minimum atomic E-state index is 0.0470. The molecule has 2 atom stereocenters. The third kappa shape index (κ3) is 5.56. The molecular weight excluding hydrogens is 212 g/mol. The average Bonchev–Trinajstić information content (AvgIpc) is 2.35. The van der Waals surface area contributed by atoms with Crippen molar-refractivity contribution in [3.05, 3.63) is 0 Å². The van der Waals surface area contributed by atoms with Gasteiger partial charge in [0.25, 0.3) is 0 Å². The summed E-state index contributed by atoms with van der Waals surface area (Å²) in [6.45, 7) is 4.66. The average molecular weight is 240 g/mol. The largest absolute Gasteiger partial charge is 0.466 e. The van der Waals surface area contributed by atoms with E-state index in [0.717, 1.165) is 18.8 Å². The quantitative estimate of drug-likeness (QED) is 0.489. The summed E-state index contributed by atoms with van der Waals surface area (Å²) in [5.41, 5.74) is 0. The second-order valence-corrected chi connectivity index (χ2v) is 5.33. The number of hydrogen-bond donors (Lipinski definition) is 0. The van der Waals surface area contributed by atoms with Crippen LogP contribution in [-0.2, 0) is 9.53 Å². The number of esters is 1. The van der Waals surface area contributed by atoms with Gasteiger partial charge in [0.2, 0.25) is 0 Å². The number of ether oxygens (including phenoxy) is 1. The van der Waals surface area contributed by atoms with Crippen LogP contribution in [0.4, 0.5) is 0 Å². The van der Waals surface area contributed by atoms with Crippen molar-refractivity contribution in [3.63, 3.8) is 0 Å². The van der Waals surface area contributed by atoms with Gasteiger partial charge >= 0.3 is 5.97 Å². The fourth-order valence-electron chi connectivity index (χ4n) is 2.89.